The van der Waals surface area contributed by atoms with Crippen LogP contribution < -0.4 is 0 Å². The van der Waals surface area contributed by atoms with Crippen LogP contribution in [0.3, 0.4) is 0 Å². The third-order valence-electron chi connectivity index (χ3n) is 2.45. The lowest BCUT2D eigenvalue weighted by Crippen LogP contribution is -1.75. The molecule has 3 rings (SSSR count). The van der Waals surface area contributed by atoms with Crippen molar-refractivity contribution >= 4 is 32.3 Å². The molecule has 1 heterocycles. The molecule has 0 saturated carbocycles. The zero-order chi connectivity index (χ0) is 9.54. The van der Waals surface area contributed by atoms with Crippen molar-refractivity contribution in [3.8, 4) is 0 Å². The van der Waals surface area contributed by atoms with Gasteiger partial charge in [0.2, 0.25) is 0 Å². The lowest BCUT2D eigenvalue weighted by Gasteiger charge is -1.98. The molecule has 0 fully saturated rings. The smallest absolute Gasteiger partial charge is 0.0818 e. The van der Waals surface area contributed by atoms with E-state index < -0.39 is 0 Å². The van der Waals surface area contributed by atoms with Gasteiger partial charge in [-0.05, 0) is 29.8 Å². The highest BCUT2D eigenvalue weighted by Gasteiger charge is 1.99. The Morgan fingerprint density at radius 1 is 1.07 bits per heavy atom. The Bertz CT molecular complexity index is 610. The van der Waals surface area contributed by atoms with E-state index in [9.17, 15) is 0 Å². The van der Waals surface area contributed by atoms with Crippen molar-refractivity contribution in [1.82, 2.24) is 4.98 Å². The van der Waals surface area contributed by atoms with E-state index in [1.807, 2.05) is 5.51 Å². The first-order valence-corrected chi connectivity index (χ1v) is 5.44. The number of thiazole rings is 1. The summed E-state index contributed by atoms with van der Waals surface area (Å²) in [6.07, 6.45) is 0. The van der Waals surface area contributed by atoms with Gasteiger partial charge in [0, 0.05) is 0 Å². The average Bonchev–Trinajstić information content (AvgIpc) is 2.61. The summed E-state index contributed by atoms with van der Waals surface area (Å²) in [6.45, 7) is 2.12. The van der Waals surface area contributed by atoms with Gasteiger partial charge in [0.05, 0.1) is 15.7 Å². The van der Waals surface area contributed by atoms with Crippen LogP contribution in [0.2, 0.25) is 0 Å². The molecular formula is C12H9NS. The second kappa shape index (κ2) is 2.79. The third-order valence-corrected chi connectivity index (χ3v) is 3.24. The minimum absolute atomic E-state index is 1.10. The fourth-order valence-corrected chi connectivity index (χ4v) is 2.43. The first-order chi connectivity index (χ1) is 6.83. The fraction of sp³-hybridized carbons (Fsp3) is 0.0833. The van der Waals surface area contributed by atoms with Crippen molar-refractivity contribution in [2.45, 2.75) is 6.92 Å². The summed E-state index contributed by atoms with van der Waals surface area (Å²) in [4.78, 5) is 4.31. The van der Waals surface area contributed by atoms with Gasteiger partial charge >= 0.3 is 0 Å². The van der Waals surface area contributed by atoms with E-state index >= 15 is 0 Å². The van der Waals surface area contributed by atoms with E-state index in [0.29, 0.717) is 0 Å². The molecule has 3 aromatic rings. The van der Waals surface area contributed by atoms with Crippen LogP contribution in [0.5, 0.6) is 0 Å². The average molecular weight is 199 g/mol. The minimum atomic E-state index is 1.10. The van der Waals surface area contributed by atoms with E-state index in [2.05, 4.69) is 42.2 Å². The van der Waals surface area contributed by atoms with Gasteiger partial charge in [-0.3, -0.25) is 0 Å². The summed E-state index contributed by atoms with van der Waals surface area (Å²) in [7, 11) is 0. The largest absolute Gasteiger partial charge is 0.245 e. The Balaban J connectivity index is 2.50. The van der Waals surface area contributed by atoms with Crippen molar-refractivity contribution < 1.29 is 0 Å². The van der Waals surface area contributed by atoms with Gasteiger partial charge in [-0.2, -0.15) is 0 Å². The van der Waals surface area contributed by atoms with Crippen LogP contribution in [0, 0.1) is 6.92 Å². The van der Waals surface area contributed by atoms with Gasteiger partial charge in [0.15, 0.2) is 0 Å². The second-order valence-corrected chi connectivity index (χ2v) is 4.41. The Labute approximate surface area is 86.0 Å². The van der Waals surface area contributed by atoms with Gasteiger partial charge in [0.25, 0.3) is 0 Å². The maximum atomic E-state index is 4.31. The zero-order valence-electron chi connectivity index (χ0n) is 7.82. The van der Waals surface area contributed by atoms with Gasteiger partial charge in [-0.1, -0.05) is 23.8 Å². The highest BCUT2D eigenvalue weighted by atomic mass is 32.1. The number of fused-ring (bicyclic) bond motifs is 2. The number of nitrogens with zero attached hydrogens (tertiary/aromatic N) is 1. The molecule has 1 aromatic heterocycles. The molecule has 0 radical (unpaired) electrons. The second-order valence-electron chi connectivity index (χ2n) is 3.52. The van der Waals surface area contributed by atoms with Gasteiger partial charge < -0.3 is 0 Å². The Kier molecular flexibility index (Phi) is 1.58. The van der Waals surface area contributed by atoms with Gasteiger partial charge in [-0.25, -0.2) is 4.98 Å². The topological polar surface area (TPSA) is 12.9 Å². The van der Waals surface area contributed by atoms with Crippen molar-refractivity contribution in [2.24, 2.45) is 0 Å². The Morgan fingerprint density at radius 2 is 2.00 bits per heavy atom. The van der Waals surface area contributed by atoms with Crippen LogP contribution in [0.15, 0.2) is 35.8 Å². The summed E-state index contributed by atoms with van der Waals surface area (Å²) in [5.74, 6) is 0. The number of benzene rings is 2. The first-order valence-electron chi connectivity index (χ1n) is 4.56. The lowest BCUT2D eigenvalue weighted by atomic mass is 10.1. The normalized spacial score (nSPS) is 11.2. The molecule has 0 aliphatic rings. The van der Waals surface area contributed by atoms with E-state index in [-0.39, 0.29) is 0 Å². The molecule has 2 heteroatoms. The van der Waals surface area contributed by atoms with E-state index in [1.165, 1.54) is 21.0 Å². The summed E-state index contributed by atoms with van der Waals surface area (Å²) >= 11 is 1.70. The molecule has 2 aromatic carbocycles. The quantitative estimate of drug-likeness (QED) is 0.537. The molecule has 0 aliphatic heterocycles. The molecule has 0 unspecified atom stereocenters. The van der Waals surface area contributed by atoms with Crippen LogP contribution in [0.4, 0.5) is 0 Å². The summed E-state index contributed by atoms with van der Waals surface area (Å²) in [5, 5.41) is 2.58. The Hall–Kier alpha value is -1.41. The monoisotopic (exact) mass is 199 g/mol. The van der Waals surface area contributed by atoms with Crippen molar-refractivity contribution in [2.75, 3.05) is 0 Å². The summed E-state index contributed by atoms with van der Waals surface area (Å²) in [6, 6.07) is 10.9. The van der Waals surface area contributed by atoms with Crippen LogP contribution in [-0.4, -0.2) is 4.98 Å². The standard InChI is InChI=1S/C12H9NS/c1-8-2-3-9-5-11-12(14-7-13-11)6-10(9)4-8/h2-7H,1H3. The van der Waals surface area contributed by atoms with Gasteiger partial charge in [-0.15, -0.1) is 11.3 Å². The molecule has 14 heavy (non-hydrogen) atoms. The molecular weight excluding hydrogens is 190 g/mol. The number of aryl methyl sites for hydroxylation is 1. The SMILES string of the molecule is Cc1ccc2cc3ncsc3cc2c1. The van der Waals surface area contributed by atoms with Crippen LogP contribution >= 0.6 is 11.3 Å². The summed E-state index contributed by atoms with van der Waals surface area (Å²) < 4.78 is 1.27. The van der Waals surface area contributed by atoms with E-state index in [4.69, 9.17) is 0 Å². The number of hydrogen-bond donors (Lipinski definition) is 0. The molecule has 0 saturated heterocycles. The van der Waals surface area contributed by atoms with Crippen LogP contribution in [-0.2, 0) is 0 Å². The predicted octanol–water partition coefficient (Wildman–Crippen LogP) is 3.76. The van der Waals surface area contributed by atoms with Crippen LogP contribution in [0.25, 0.3) is 21.0 Å². The van der Waals surface area contributed by atoms with Crippen molar-refractivity contribution in [3.05, 3.63) is 41.4 Å². The van der Waals surface area contributed by atoms with E-state index in [0.717, 1.165) is 5.52 Å². The number of rotatable bonds is 0. The zero-order valence-corrected chi connectivity index (χ0v) is 8.64. The number of aromatic nitrogens is 1. The lowest BCUT2D eigenvalue weighted by molar-refractivity contribution is 1.49. The maximum absolute atomic E-state index is 4.31. The Morgan fingerprint density at radius 3 is 2.93 bits per heavy atom. The third kappa shape index (κ3) is 1.11. The van der Waals surface area contributed by atoms with Crippen molar-refractivity contribution in [3.63, 3.8) is 0 Å². The summed E-state index contributed by atoms with van der Waals surface area (Å²) in [5.41, 5.74) is 4.31. The van der Waals surface area contributed by atoms with Crippen LogP contribution in [0.1, 0.15) is 5.56 Å². The molecule has 0 N–H and O–H groups in total. The predicted molar refractivity (Wildman–Crippen MR) is 61.9 cm³/mol. The highest BCUT2D eigenvalue weighted by molar-refractivity contribution is 7.16. The minimum Gasteiger partial charge on any atom is -0.245 e. The highest BCUT2D eigenvalue weighted by Crippen LogP contribution is 2.25. The molecule has 0 aliphatic carbocycles. The molecule has 0 bridgehead atoms. The molecule has 68 valence electrons. The fourth-order valence-electron chi connectivity index (χ4n) is 1.72. The molecule has 0 spiro atoms. The first kappa shape index (κ1) is 7.94. The number of hydrogen-bond acceptors (Lipinski definition) is 2. The molecule has 1 nitrogen and oxygen atoms in total. The van der Waals surface area contributed by atoms with E-state index in [1.54, 1.807) is 11.3 Å². The molecule has 0 atom stereocenters. The van der Waals surface area contributed by atoms with Crippen molar-refractivity contribution in [1.29, 1.82) is 0 Å². The molecule has 0 amide bonds. The maximum Gasteiger partial charge on any atom is 0.0818 e. The van der Waals surface area contributed by atoms with Gasteiger partial charge in [0.1, 0.15) is 0 Å².